The Kier molecular flexibility index (Phi) is 11.2. The van der Waals surface area contributed by atoms with Crippen LogP contribution in [-0.4, -0.2) is 29.4 Å². The van der Waals surface area contributed by atoms with Crippen LogP contribution in [0.2, 0.25) is 10.0 Å². The number of hydrogen-bond donors (Lipinski definition) is 0. The first-order valence-electron chi connectivity index (χ1n) is 23.8. The molecule has 0 spiro atoms. The summed E-state index contributed by atoms with van der Waals surface area (Å²) in [5.41, 5.74) is 4.14. The maximum atomic E-state index is 14.6. The molecule has 3 aromatic carbocycles. The fourth-order valence-electron chi connectivity index (χ4n) is 11.1. The van der Waals surface area contributed by atoms with Gasteiger partial charge in [0.15, 0.2) is 34.8 Å². The maximum absolute atomic E-state index is 14.6. The number of rotatable bonds is 6. The summed E-state index contributed by atoms with van der Waals surface area (Å²) in [6.07, 6.45) is 3.01. The molecular weight excluding hydrogens is 1190 g/mol. The van der Waals surface area contributed by atoms with Crippen LogP contribution in [0, 0.1) is 80.4 Å². The first-order valence-corrected chi connectivity index (χ1v) is 30.2. The van der Waals surface area contributed by atoms with Gasteiger partial charge in [0.2, 0.25) is 0 Å². The summed E-state index contributed by atoms with van der Waals surface area (Å²) in [5.74, 6) is -5.81. The summed E-state index contributed by atoms with van der Waals surface area (Å²) in [5, 5.41) is 42.4. The Bertz CT molecular complexity index is 4930. The van der Waals surface area contributed by atoms with Crippen LogP contribution < -0.4 is 0 Å². The summed E-state index contributed by atoms with van der Waals surface area (Å²) in [6, 6.07) is 10.5. The molecule has 10 nitrogen and oxygen atoms in total. The van der Waals surface area contributed by atoms with Gasteiger partial charge in [-0.15, -0.1) is 68.0 Å². The Morgan fingerprint density at radius 2 is 0.861 bits per heavy atom. The number of ketones is 2. The van der Waals surface area contributed by atoms with E-state index in [4.69, 9.17) is 31.9 Å². The van der Waals surface area contributed by atoms with E-state index in [1.165, 1.54) is 57.5 Å². The number of Topliss-reactive ketones (excluding diaryl/α,β-unsaturated/α-hetero) is 2. The fourth-order valence-corrected chi connectivity index (χ4v) is 21.1. The van der Waals surface area contributed by atoms with Gasteiger partial charge < -0.3 is 9.13 Å². The molecule has 9 aromatic heterocycles. The van der Waals surface area contributed by atoms with Crippen LogP contribution in [0.5, 0.6) is 0 Å². The summed E-state index contributed by atoms with van der Waals surface area (Å²) in [7, 11) is 0. The zero-order chi connectivity index (χ0) is 55.1. The van der Waals surface area contributed by atoms with Crippen LogP contribution in [0.15, 0.2) is 46.6 Å². The van der Waals surface area contributed by atoms with E-state index in [9.17, 15) is 48.2 Å². The largest absolute Gasteiger partial charge is 0.337 e. The highest BCUT2D eigenvalue weighted by molar-refractivity contribution is 7.43. The Balaban J connectivity index is 0.986. The third-order valence-corrected chi connectivity index (χ3v) is 23.8. The Labute approximate surface area is 479 Å². The number of carbonyl (C=O) groups excluding carboxylic acids is 2. The third-order valence-electron chi connectivity index (χ3n) is 14.1. The van der Waals surface area contributed by atoms with Crippen LogP contribution >= 0.6 is 103 Å². The van der Waals surface area contributed by atoms with Gasteiger partial charge in [0, 0.05) is 67.0 Å². The molecule has 0 unspecified atom stereocenters. The summed E-state index contributed by atoms with van der Waals surface area (Å²) >= 11 is 24.7. The van der Waals surface area contributed by atoms with Crippen molar-refractivity contribution in [3.63, 3.8) is 0 Å². The Morgan fingerprint density at radius 1 is 0.519 bits per heavy atom. The number of nitriles is 4. The molecule has 384 valence electrons. The minimum Gasteiger partial charge on any atom is -0.337 e. The van der Waals surface area contributed by atoms with Crippen molar-refractivity contribution in [3.8, 4) is 24.3 Å². The van der Waals surface area contributed by atoms with E-state index in [0.29, 0.717) is 32.9 Å². The second-order valence-corrected chi connectivity index (χ2v) is 27.2. The smallest absolute Gasteiger partial charge is 0.194 e. The van der Waals surface area contributed by atoms with Crippen LogP contribution in [0.3, 0.4) is 0 Å². The molecule has 0 saturated heterocycles. The molecule has 0 fully saturated rings. The molecule has 2 aliphatic rings. The molecular formula is C56H24Cl2F4N8O2S7. The summed E-state index contributed by atoms with van der Waals surface area (Å²) in [6.45, 7) is 10.0. The standard InChI is InChI=1S/C56H24Cl2F4N8O2S7/c1-17(2)15-69-41-35(47-43(69)51-55(75-47)53-49(77-51)37(57)31(73-53)9-25-33(19(11-63)12-64)21-5-27(59)29(61)7-23(21)45(25)71)39-40(68-79-67-39)36-42(41)70(16-18(3)4)44-48(36)76-56-52(44)78-50-38(58)32(74-54(50)56)10-26-34(20(13-65)14-66)22-6-28(60)30(62)8-24(22)46(26)72/h5-10,17-18H,15-16H2,1-4H3/b25-9-,26-10-. The first kappa shape index (κ1) is 50.1. The molecule has 0 aliphatic heterocycles. The quantitative estimate of drug-likeness (QED) is 0.0901. The molecule has 0 atom stereocenters. The second kappa shape index (κ2) is 17.7. The molecule has 0 amide bonds. The monoisotopic (exact) mass is 1210 g/mol. The Morgan fingerprint density at radius 3 is 1.22 bits per heavy atom. The van der Waals surface area contributed by atoms with E-state index in [1.54, 1.807) is 22.7 Å². The average Bonchev–Trinajstić information content (AvgIpc) is 2.98. The minimum atomic E-state index is -1.23. The average molecular weight is 1210 g/mol. The van der Waals surface area contributed by atoms with Gasteiger partial charge in [0.05, 0.1) is 90.8 Å². The van der Waals surface area contributed by atoms with Crippen LogP contribution in [-0.2, 0) is 13.1 Å². The molecule has 0 N–H and O–H groups in total. The zero-order valence-electron chi connectivity index (χ0n) is 40.6. The number of hydrogen-bond acceptors (Lipinski definition) is 15. The van der Waals surface area contributed by atoms with E-state index < -0.39 is 46.0 Å². The lowest BCUT2D eigenvalue weighted by atomic mass is 9.99. The lowest BCUT2D eigenvalue weighted by molar-refractivity contribution is 0.103. The van der Waals surface area contributed by atoms with Gasteiger partial charge in [0.25, 0.3) is 0 Å². The molecule has 12 aromatic rings. The van der Waals surface area contributed by atoms with Crippen molar-refractivity contribution in [1.82, 2.24) is 17.9 Å². The summed E-state index contributed by atoms with van der Waals surface area (Å²) < 4.78 is 82.4. The van der Waals surface area contributed by atoms with E-state index in [0.717, 1.165) is 127 Å². The Hall–Kier alpha value is -7.12. The number of benzene rings is 3. The van der Waals surface area contributed by atoms with Crippen LogP contribution in [0.1, 0.15) is 69.3 Å². The highest BCUT2D eigenvalue weighted by Crippen LogP contribution is 2.59. The predicted octanol–water partition coefficient (Wildman–Crippen LogP) is 18.2. The van der Waals surface area contributed by atoms with Crippen molar-refractivity contribution < 1.29 is 27.2 Å². The van der Waals surface area contributed by atoms with Gasteiger partial charge in [-0.2, -0.15) is 29.8 Å². The van der Waals surface area contributed by atoms with Crippen molar-refractivity contribution in [3.05, 3.63) is 112 Å². The lowest BCUT2D eigenvalue weighted by Gasteiger charge is -2.15. The molecule has 9 heterocycles. The number of allylic oxidation sites excluding steroid dienone is 6. The van der Waals surface area contributed by atoms with Crippen molar-refractivity contribution in [2.75, 3.05) is 0 Å². The zero-order valence-corrected chi connectivity index (χ0v) is 47.8. The van der Waals surface area contributed by atoms with Gasteiger partial charge >= 0.3 is 0 Å². The summed E-state index contributed by atoms with van der Waals surface area (Å²) in [4.78, 5) is 28.7. The maximum Gasteiger partial charge on any atom is 0.194 e. The number of carbonyl (C=O) groups is 2. The number of aromatic nitrogens is 4. The normalized spacial score (nSPS) is 14.8. The highest BCUT2D eigenvalue weighted by Gasteiger charge is 2.38. The van der Waals surface area contributed by atoms with Crippen molar-refractivity contribution in [2.24, 2.45) is 11.8 Å². The van der Waals surface area contributed by atoms with Crippen molar-refractivity contribution in [2.45, 2.75) is 40.8 Å². The van der Waals surface area contributed by atoms with Crippen LogP contribution in [0.4, 0.5) is 17.6 Å². The van der Waals surface area contributed by atoms with E-state index in [1.807, 2.05) is 24.3 Å². The van der Waals surface area contributed by atoms with Gasteiger partial charge in [-0.05, 0) is 59.4 Å². The topological polar surface area (TPSA) is 165 Å². The minimum absolute atomic E-state index is 0.0393. The molecule has 0 radical (unpaired) electrons. The SMILES string of the molecule is CC(C)Cn1c2c3sc4c(Cl)c(/C=C5\C(=O)c6cc(F)c(F)cc6C5=C(C#N)C#N)sc4c3sc2c2c3nsnc3c3c4sc5c6sc(/C=C7\C(=O)c8cc(F)c(F)cc8C7=C(C#N)C#N)c(Cl)c6sc5c4n(CC(C)C)c3c21. The van der Waals surface area contributed by atoms with E-state index >= 15 is 0 Å². The predicted molar refractivity (Wildman–Crippen MR) is 314 cm³/mol. The van der Waals surface area contributed by atoms with Crippen molar-refractivity contribution in [1.29, 1.82) is 21.0 Å². The highest BCUT2D eigenvalue weighted by atomic mass is 35.5. The number of thiophene rings is 6. The molecule has 0 bridgehead atoms. The lowest BCUT2D eigenvalue weighted by Crippen LogP contribution is -2.07. The molecule has 23 heteroatoms. The second-order valence-electron chi connectivity index (χ2n) is 19.7. The van der Waals surface area contributed by atoms with Gasteiger partial charge in [-0.25, -0.2) is 17.6 Å². The van der Waals surface area contributed by atoms with E-state index in [2.05, 4.69) is 36.8 Å². The molecule has 2 aliphatic carbocycles. The number of fused-ring (bicyclic) bond motifs is 20. The number of halogens is 6. The first-order chi connectivity index (χ1) is 38.0. The third kappa shape index (κ3) is 6.77. The van der Waals surface area contributed by atoms with Gasteiger partial charge in [-0.1, -0.05) is 50.9 Å². The molecule has 79 heavy (non-hydrogen) atoms. The molecule has 14 rings (SSSR count). The fraction of sp³-hybridized carbons (Fsp3) is 0.143. The van der Waals surface area contributed by atoms with Crippen molar-refractivity contribution >= 4 is 229 Å². The van der Waals surface area contributed by atoms with Crippen LogP contribution in [0.25, 0.3) is 114 Å². The number of nitrogens with zero attached hydrogens (tertiary/aromatic N) is 8. The van der Waals surface area contributed by atoms with Gasteiger partial charge in [-0.3, -0.25) is 9.59 Å². The van der Waals surface area contributed by atoms with E-state index in [-0.39, 0.29) is 56.4 Å². The molecule has 0 saturated carbocycles. The van der Waals surface area contributed by atoms with Gasteiger partial charge in [0.1, 0.15) is 46.5 Å².